The number of rotatable bonds is 5. The highest BCUT2D eigenvalue weighted by molar-refractivity contribution is 6.05. The zero-order valence-electron chi connectivity index (χ0n) is 13.4. The summed E-state index contributed by atoms with van der Waals surface area (Å²) in [6.45, 7) is 4.49. The van der Waals surface area contributed by atoms with Gasteiger partial charge in [0.2, 0.25) is 5.82 Å². The molecule has 1 amide bonds. The molecule has 0 unspecified atom stereocenters. The van der Waals surface area contributed by atoms with Crippen molar-refractivity contribution in [2.75, 3.05) is 11.9 Å². The number of aryl methyl sites for hydroxylation is 1. The lowest BCUT2D eigenvalue weighted by molar-refractivity contribution is 0.102. The molecule has 0 fully saturated rings. The van der Waals surface area contributed by atoms with Crippen LogP contribution in [0.5, 0.6) is 5.75 Å². The van der Waals surface area contributed by atoms with Crippen molar-refractivity contribution in [3.05, 3.63) is 59.7 Å². The van der Waals surface area contributed by atoms with Crippen molar-refractivity contribution in [3.63, 3.8) is 0 Å². The van der Waals surface area contributed by atoms with Gasteiger partial charge in [0, 0.05) is 11.1 Å². The number of nitrogens with zero attached hydrogens (tertiary/aromatic N) is 2. The van der Waals surface area contributed by atoms with Crippen LogP contribution in [0.4, 0.5) is 5.82 Å². The Kier molecular flexibility index (Phi) is 4.56. The van der Waals surface area contributed by atoms with E-state index >= 15 is 0 Å². The summed E-state index contributed by atoms with van der Waals surface area (Å²) in [4.78, 5) is 12.3. The van der Waals surface area contributed by atoms with Gasteiger partial charge >= 0.3 is 0 Å². The van der Waals surface area contributed by atoms with Gasteiger partial charge in [-0.1, -0.05) is 18.2 Å². The minimum Gasteiger partial charge on any atom is -0.494 e. The Balaban J connectivity index is 1.85. The maximum atomic E-state index is 12.3. The van der Waals surface area contributed by atoms with Crippen molar-refractivity contribution >= 4 is 11.7 Å². The van der Waals surface area contributed by atoms with Crippen LogP contribution in [0, 0.1) is 6.92 Å². The minimum absolute atomic E-state index is 0.268. The Morgan fingerprint density at radius 1 is 1.17 bits per heavy atom. The summed E-state index contributed by atoms with van der Waals surface area (Å²) in [6, 6.07) is 14.5. The van der Waals surface area contributed by atoms with Crippen LogP contribution >= 0.6 is 0 Å². The van der Waals surface area contributed by atoms with Gasteiger partial charge < -0.3 is 10.1 Å². The summed E-state index contributed by atoms with van der Waals surface area (Å²) >= 11 is 0. The van der Waals surface area contributed by atoms with Crippen molar-refractivity contribution in [3.8, 4) is 17.0 Å². The summed E-state index contributed by atoms with van der Waals surface area (Å²) in [5.74, 6) is 0.829. The molecule has 1 aromatic heterocycles. The summed E-state index contributed by atoms with van der Waals surface area (Å²) < 4.78 is 10.3. The van der Waals surface area contributed by atoms with Crippen LogP contribution in [0.25, 0.3) is 11.3 Å². The van der Waals surface area contributed by atoms with Crippen LogP contribution in [0.3, 0.4) is 0 Å². The Morgan fingerprint density at radius 2 is 1.96 bits per heavy atom. The number of ether oxygens (including phenoxy) is 1. The second-order valence-corrected chi connectivity index (χ2v) is 5.19. The predicted octanol–water partition coefficient (Wildman–Crippen LogP) is 3.70. The van der Waals surface area contributed by atoms with Crippen LogP contribution in [0.1, 0.15) is 22.8 Å². The molecule has 2 aromatic carbocycles. The quantitative estimate of drug-likeness (QED) is 0.774. The zero-order chi connectivity index (χ0) is 16.9. The minimum atomic E-state index is -0.268. The van der Waals surface area contributed by atoms with E-state index in [0.29, 0.717) is 17.9 Å². The molecule has 0 bridgehead atoms. The van der Waals surface area contributed by atoms with Crippen LogP contribution in [0.2, 0.25) is 0 Å². The lowest BCUT2D eigenvalue weighted by Gasteiger charge is -2.08. The smallest absolute Gasteiger partial charge is 0.256 e. The molecule has 0 aliphatic heterocycles. The van der Waals surface area contributed by atoms with Gasteiger partial charge in [-0.2, -0.15) is 0 Å². The molecule has 1 heterocycles. The van der Waals surface area contributed by atoms with E-state index in [2.05, 4.69) is 15.6 Å². The van der Waals surface area contributed by atoms with E-state index in [9.17, 15) is 4.79 Å². The largest absolute Gasteiger partial charge is 0.494 e. The highest BCUT2D eigenvalue weighted by Gasteiger charge is 2.16. The normalized spacial score (nSPS) is 10.4. The molecular weight excluding hydrogens is 306 g/mol. The van der Waals surface area contributed by atoms with Gasteiger partial charge in [-0.3, -0.25) is 4.79 Å². The molecule has 0 aliphatic carbocycles. The van der Waals surface area contributed by atoms with Gasteiger partial charge in [-0.15, -0.1) is 0 Å². The van der Waals surface area contributed by atoms with Crippen LogP contribution < -0.4 is 10.1 Å². The number of carbonyl (C=O) groups excluding carboxylic acids is 1. The third-order valence-electron chi connectivity index (χ3n) is 3.50. The third kappa shape index (κ3) is 3.27. The average Bonchev–Trinajstić information content (AvgIpc) is 3.06. The van der Waals surface area contributed by atoms with Gasteiger partial charge in [-0.25, -0.2) is 4.63 Å². The molecule has 6 heteroatoms. The lowest BCUT2D eigenvalue weighted by atomic mass is 10.1. The molecule has 0 spiro atoms. The maximum Gasteiger partial charge on any atom is 0.256 e. The first-order chi connectivity index (χ1) is 11.7. The van der Waals surface area contributed by atoms with Crippen LogP contribution in [-0.2, 0) is 0 Å². The van der Waals surface area contributed by atoms with Gasteiger partial charge in [-0.05, 0) is 60.1 Å². The fourth-order valence-corrected chi connectivity index (χ4v) is 2.34. The van der Waals surface area contributed by atoms with E-state index in [1.54, 1.807) is 24.3 Å². The van der Waals surface area contributed by atoms with Crippen molar-refractivity contribution in [1.29, 1.82) is 0 Å². The maximum absolute atomic E-state index is 12.3. The fraction of sp³-hybridized carbons (Fsp3) is 0.167. The topological polar surface area (TPSA) is 77.2 Å². The second-order valence-electron chi connectivity index (χ2n) is 5.19. The van der Waals surface area contributed by atoms with E-state index in [1.165, 1.54) is 0 Å². The van der Waals surface area contributed by atoms with Crippen LogP contribution in [-0.4, -0.2) is 22.8 Å². The number of amides is 1. The van der Waals surface area contributed by atoms with E-state index in [1.807, 2.05) is 38.1 Å². The fourth-order valence-electron chi connectivity index (χ4n) is 2.34. The van der Waals surface area contributed by atoms with Gasteiger partial charge in [0.05, 0.1) is 6.61 Å². The average molecular weight is 323 g/mol. The molecule has 3 aromatic rings. The van der Waals surface area contributed by atoms with Gasteiger partial charge in [0.15, 0.2) is 5.69 Å². The number of hydrogen-bond donors (Lipinski definition) is 1. The standard InChI is InChI=1S/C18H17N3O3/c1-3-23-15-10-9-14(11-12(15)2)16-17(21-24-20-16)19-18(22)13-7-5-4-6-8-13/h4-11H,3H2,1-2H3,(H,19,21,22). The number of nitrogens with one attached hydrogen (secondary N) is 1. The van der Waals surface area contributed by atoms with Crippen molar-refractivity contribution in [1.82, 2.24) is 10.3 Å². The molecule has 3 rings (SSSR count). The van der Waals surface area contributed by atoms with E-state index in [0.717, 1.165) is 16.9 Å². The lowest BCUT2D eigenvalue weighted by Crippen LogP contribution is -2.12. The van der Waals surface area contributed by atoms with Crippen molar-refractivity contribution in [2.45, 2.75) is 13.8 Å². The Morgan fingerprint density at radius 3 is 2.67 bits per heavy atom. The van der Waals surface area contributed by atoms with Crippen molar-refractivity contribution < 1.29 is 14.2 Å². The highest BCUT2D eigenvalue weighted by atomic mass is 16.6. The van der Waals surface area contributed by atoms with Crippen molar-refractivity contribution in [2.24, 2.45) is 0 Å². The van der Waals surface area contributed by atoms with Gasteiger partial charge in [0.25, 0.3) is 5.91 Å². The van der Waals surface area contributed by atoms with E-state index in [4.69, 9.17) is 9.37 Å². The van der Waals surface area contributed by atoms with E-state index < -0.39 is 0 Å². The summed E-state index contributed by atoms with van der Waals surface area (Å²) in [7, 11) is 0. The SMILES string of the molecule is CCOc1ccc(-c2nonc2NC(=O)c2ccccc2)cc1C. The molecule has 122 valence electrons. The molecule has 0 saturated heterocycles. The van der Waals surface area contributed by atoms with E-state index in [-0.39, 0.29) is 11.7 Å². The summed E-state index contributed by atoms with van der Waals surface area (Å²) in [6.07, 6.45) is 0. The Labute approximate surface area is 139 Å². The first kappa shape index (κ1) is 15.7. The molecule has 6 nitrogen and oxygen atoms in total. The van der Waals surface area contributed by atoms with Gasteiger partial charge in [0.1, 0.15) is 5.75 Å². The number of hydrogen-bond acceptors (Lipinski definition) is 5. The first-order valence-electron chi connectivity index (χ1n) is 7.62. The molecule has 1 N–H and O–H groups in total. The monoisotopic (exact) mass is 323 g/mol. The first-order valence-corrected chi connectivity index (χ1v) is 7.62. The molecule has 24 heavy (non-hydrogen) atoms. The second kappa shape index (κ2) is 6.95. The summed E-state index contributed by atoms with van der Waals surface area (Å²) in [5, 5.41) is 10.4. The number of carbonyl (C=O) groups is 1. The third-order valence-corrected chi connectivity index (χ3v) is 3.50. The molecule has 0 atom stereocenters. The number of anilines is 1. The summed E-state index contributed by atoms with van der Waals surface area (Å²) in [5.41, 5.74) is 2.78. The molecule has 0 saturated carbocycles. The highest BCUT2D eigenvalue weighted by Crippen LogP contribution is 2.29. The Bertz CT molecular complexity index is 844. The number of benzene rings is 2. The molecule has 0 aliphatic rings. The predicted molar refractivity (Wildman–Crippen MR) is 90.0 cm³/mol. The number of aromatic nitrogens is 2. The molecular formula is C18H17N3O3. The Hall–Kier alpha value is -3.15. The van der Waals surface area contributed by atoms with Crippen LogP contribution in [0.15, 0.2) is 53.2 Å². The molecule has 0 radical (unpaired) electrons. The zero-order valence-corrected chi connectivity index (χ0v) is 13.4.